The maximum Gasteiger partial charge on any atom is 0.418 e. The summed E-state index contributed by atoms with van der Waals surface area (Å²) in [7, 11) is 0. The molecule has 15 heavy (non-hydrogen) atoms. The number of nitrogens with zero attached hydrogens (tertiary/aromatic N) is 1. The second kappa shape index (κ2) is 4.63. The van der Waals surface area contributed by atoms with E-state index in [2.05, 4.69) is 14.8 Å². The van der Waals surface area contributed by atoms with Crippen molar-refractivity contribution in [1.82, 2.24) is 10.2 Å². The molecule has 7 heteroatoms. The van der Waals surface area contributed by atoms with Crippen molar-refractivity contribution in [2.75, 3.05) is 13.2 Å². The topological polar surface area (TPSA) is 84.9 Å². The summed E-state index contributed by atoms with van der Waals surface area (Å²) >= 11 is 0. The fourth-order valence-corrected chi connectivity index (χ4v) is 1.11. The minimum atomic E-state index is -0.775. The van der Waals surface area contributed by atoms with Crippen molar-refractivity contribution < 1.29 is 23.9 Å². The van der Waals surface area contributed by atoms with Crippen LogP contribution < -0.4 is 5.32 Å². The first kappa shape index (κ1) is 11.3. The van der Waals surface area contributed by atoms with Gasteiger partial charge < -0.3 is 14.8 Å². The van der Waals surface area contributed by atoms with E-state index < -0.39 is 24.3 Å². The smallest absolute Gasteiger partial charge is 0.418 e. The van der Waals surface area contributed by atoms with Crippen molar-refractivity contribution in [3.8, 4) is 0 Å². The second-order valence-corrected chi connectivity index (χ2v) is 2.97. The van der Waals surface area contributed by atoms with Gasteiger partial charge in [-0.25, -0.2) is 14.5 Å². The molecular formula is C8H12N2O5. The van der Waals surface area contributed by atoms with E-state index in [1.165, 1.54) is 13.8 Å². The van der Waals surface area contributed by atoms with Gasteiger partial charge in [-0.05, 0) is 6.92 Å². The van der Waals surface area contributed by atoms with Gasteiger partial charge >= 0.3 is 18.1 Å². The molecule has 1 aliphatic rings. The molecule has 1 atom stereocenters. The average molecular weight is 216 g/mol. The second-order valence-electron chi connectivity index (χ2n) is 2.97. The number of carbonyl (C=O) groups excluding carboxylic acids is 3. The van der Waals surface area contributed by atoms with E-state index in [1.54, 1.807) is 0 Å². The molecule has 1 aliphatic heterocycles. The lowest BCUT2D eigenvalue weighted by molar-refractivity contribution is -0.146. The molecular weight excluding hydrogens is 204 g/mol. The number of nitrogens with one attached hydrogen (secondary N) is 1. The van der Waals surface area contributed by atoms with Crippen molar-refractivity contribution in [1.29, 1.82) is 0 Å². The molecule has 0 bridgehead atoms. The van der Waals surface area contributed by atoms with E-state index in [4.69, 9.17) is 0 Å². The molecule has 84 valence electrons. The van der Waals surface area contributed by atoms with E-state index in [-0.39, 0.29) is 13.2 Å². The largest absolute Gasteiger partial charge is 0.447 e. The molecule has 1 fully saturated rings. The first-order chi connectivity index (χ1) is 7.00. The zero-order valence-corrected chi connectivity index (χ0v) is 8.48. The number of carbonyl (C=O) groups is 3. The van der Waals surface area contributed by atoms with Crippen molar-refractivity contribution >= 4 is 18.1 Å². The van der Waals surface area contributed by atoms with Gasteiger partial charge in [-0.2, -0.15) is 0 Å². The number of ether oxygens (including phenoxy) is 2. The van der Waals surface area contributed by atoms with E-state index >= 15 is 0 Å². The SMILES string of the molecule is CC(=O)OC(C)NC(=O)N1CCOC1=O. The number of esters is 1. The summed E-state index contributed by atoms with van der Waals surface area (Å²) in [5.74, 6) is -0.508. The maximum absolute atomic E-state index is 11.4. The third-order valence-corrected chi connectivity index (χ3v) is 1.68. The van der Waals surface area contributed by atoms with Gasteiger partial charge in [-0.3, -0.25) is 4.79 Å². The fourth-order valence-electron chi connectivity index (χ4n) is 1.11. The van der Waals surface area contributed by atoms with Gasteiger partial charge in [-0.1, -0.05) is 0 Å². The summed E-state index contributed by atoms with van der Waals surface area (Å²) in [6.45, 7) is 3.11. The lowest BCUT2D eigenvalue weighted by atomic mass is 10.6. The van der Waals surface area contributed by atoms with Gasteiger partial charge in [0.2, 0.25) is 0 Å². The Kier molecular flexibility index (Phi) is 3.48. The van der Waals surface area contributed by atoms with Crippen molar-refractivity contribution in [3.05, 3.63) is 0 Å². The highest BCUT2D eigenvalue weighted by Gasteiger charge is 2.29. The van der Waals surface area contributed by atoms with Crippen LogP contribution in [0.25, 0.3) is 0 Å². The quantitative estimate of drug-likeness (QED) is 0.521. The number of hydrogen-bond acceptors (Lipinski definition) is 5. The molecule has 1 saturated heterocycles. The number of cyclic esters (lactones) is 1. The van der Waals surface area contributed by atoms with E-state index in [0.29, 0.717) is 0 Å². The zero-order chi connectivity index (χ0) is 11.4. The maximum atomic E-state index is 11.4. The van der Waals surface area contributed by atoms with Gasteiger partial charge in [0, 0.05) is 6.92 Å². The summed E-state index contributed by atoms with van der Waals surface area (Å²) in [6.07, 6.45) is -1.47. The van der Waals surface area contributed by atoms with E-state index in [9.17, 15) is 14.4 Å². The lowest BCUT2D eigenvalue weighted by Crippen LogP contribution is -2.45. The van der Waals surface area contributed by atoms with Crippen molar-refractivity contribution in [2.24, 2.45) is 0 Å². The van der Waals surface area contributed by atoms with Gasteiger partial charge in [0.05, 0.1) is 6.54 Å². The minimum absolute atomic E-state index is 0.189. The Morgan fingerprint density at radius 2 is 2.27 bits per heavy atom. The van der Waals surface area contributed by atoms with Crippen LogP contribution in [0.2, 0.25) is 0 Å². The van der Waals surface area contributed by atoms with Gasteiger partial charge in [0.15, 0.2) is 6.23 Å². The third kappa shape index (κ3) is 3.12. The standard InChI is InChI=1S/C8H12N2O5/c1-5(15-6(2)11)9-7(12)10-3-4-14-8(10)13/h5H,3-4H2,1-2H3,(H,9,12). The lowest BCUT2D eigenvalue weighted by Gasteiger charge is -2.17. The number of amides is 3. The van der Waals surface area contributed by atoms with Crippen LogP contribution in [0.3, 0.4) is 0 Å². The zero-order valence-electron chi connectivity index (χ0n) is 8.48. The van der Waals surface area contributed by atoms with Crippen LogP contribution in [-0.4, -0.2) is 42.4 Å². The van der Waals surface area contributed by atoms with Crippen LogP contribution in [0.15, 0.2) is 0 Å². The molecule has 1 rings (SSSR count). The molecule has 1 unspecified atom stereocenters. The van der Waals surface area contributed by atoms with Crippen LogP contribution >= 0.6 is 0 Å². The minimum Gasteiger partial charge on any atom is -0.447 e. The third-order valence-electron chi connectivity index (χ3n) is 1.68. The highest BCUT2D eigenvalue weighted by Crippen LogP contribution is 2.03. The normalized spacial score (nSPS) is 16.9. The summed E-state index contributed by atoms with van der Waals surface area (Å²) in [5.41, 5.74) is 0. The van der Waals surface area contributed by atoms with Crippen molar-refractivity contribution in [3.63, 3.8) is 0 Å². The molecule has 1 heterocycles. The number of urea groups is 1. The van der Waals surface area contributed by atoms with Crippen LogP contribution in [0, 0.1) is 0 Å². The Bertz CT molecular complexity index is 291. The molecule has 0 aliphatic carbocycles. The summed E-state index contributed by atoms with van der Waals surface area (Å²) in [5, 5.41) is 2.33. The number of imide groups is 1. The van der Waals surface area contributed by atoms with Crippen LogP contribution in [-0.2, 0) is 14.3 Å². The highest BCUT2D eigenvalue weighted by atomic mass is 16.6. The van der Waals surface area contributed by atoms with Crippen LogP contribution in [0.1, 0.15) is 13.8 Å². The van der Waals surface area contributed by atoms with E-state index in [0.717, 1.165) is 4.90 Å². The summed E-state index contributed by atoms with van der Waals surface area (Å²) < 4.78 is 9.23. The monoisotopic (exact) mass is 216 g/mol. The molecule has 1 N–H and O–H groups in total. The molecule has 3 amide bonds. The molecule has 0 aromatic rings. The number of hydrogen-bond donors (Lipinski definition) is 1. The Balaban J connectivity index is 2.41. The fraction of sp³-hybridized carbons (Fsp3) is 0.625. The Morgan fingerprint density at radius 3 is 2.73 bits per heavy atom. The summed E-state index contributed by atoms with van der Waals surface area (Å²) in [6, 6.07) is -0.633. The van der Waals surface area contributed by atoms with Crippen LogP contribution in [0.5, 0.6) is 0 Å². The van der Waals surface area contributed by atoms with Gasteiger partial charge in [0.25, 0.3) is 0 Å². The van der Waals surface area contributed by atoms with Gasteiger partial charge in [0.1, 0.15) is 6.61 Å². The van der Waals surface area contributed by atoms with Crippen LogP contribution in [0.4, 0.5) is 9.59 Å². The molecule has 7 nitrogen and oxygen atoms in total. The Morgan fingerprint density at radius 1 is 1.60 bits per heavy atom. The summed E-state index contributed by atoms with van der Waals surface area (Å²) in [4.78, 5) is 33.8. The molecule has 0 aromatic heterocycles. The molecule has 0 radical (unpaired) electrons. The predicted molar refractivity (Wildman–Crippen MR) is 47.8 cm³/mol. The van der Waals surface area contributed by atoms with Crippen molar-refractivity contribution in [2.45, 2.75) is 20.1 Å². The first-order valence-corrected chi connectivity index (χ1v) is 4.42. The predicted octanol–water partition coefficient (Wildman–Crippen LogP) is 0.0573. The Labute approximate surface area is 86.3 Å². The molecule has 0 spiro atoms. The average Bonchev–Trinajstić information content (AvgIpc) is 2.49. The Hall–Kier alpha value is -1.79. The molecule has 0 saturated carbocycles. The van der Waals surface area contributed by atoms with E-state index in [1.807, 2.05) is 0 Å². The first-order valence-electron chi connectivity index (χ1n) is 4.42. The highest BCUT2D eigenvalue weighted by molar-refractivity contribution is 5.92. The van der Waals surface area contributed by atoms with Gasteiger partial charge in [-0.15, -0.1) is 0 Å². The number of rotatable bonds is 2. The molecule has 0 aromatic carbocycles.